The van der Waals surface area contributed by atoms with Crippen LogP contribution in [0.2, 0.25) is 0 Å². The average molecular weight is 355 g/mol. The van der Waals surface area contributed by atoms with Crippen molar-refractivity contribution in [1.82, 2.24) is 5.32 Å². The molecule has 0 aliphatic carbocycles. The number of benzene rings is 2. The monoisotopic (exact) mass is 355 g/mol. The highest BCUT2D eigenvalue weighted by Crippen LogP contribution is 2.17. The minimum absolute atomic E-state index is 0.0849. The quantitative estimate of drug-likeness (QED) is 0.743. The molecule has 26 heavy (non-hydrogen) atoms. The fourth-order valence-corrected chi connectivity index (χ4v) is 2.27. The first-order valence-electron chi connectivity index (χ1n) is 8.37. The van der Waals surface area contributed by atoms with E-state index in [0.717, 1.165) is 0 Å². The van der Waals surface area contributed by atoms with E-state index in [4.69, 9.17) is 4.74 Å². The van der Waals surface area contributed by atoms with Crippen LogP contribution in [0.3, 0.4) is 0 Å². The van der Waals surface area contributed by atoms with Crippen LogP contribution in [-0.4, -0.2) is 31.0 Å². The number of carbonyl (C=O) groups excluding carboxylic acids is 2. The maximum absolute atomic E-state index is 12.2. The molecule has 0 heterocycles. The van der Waals surface area contributed by atoms with Crippen LogP contribution in [0, 0.1) is 0 Å². The minimum atomic E-state index is -0.308. The predicted molar refractivity (Wildman–Crippen MR) is 104 cm³/mol. The Morgan fingerprint density at radius 1 is 1.00 bits per heavy atom. The zero-order valence-corrected chi connectivity index (χ0v) is 15.6. The van der Waals surface area contributed by atoms with Gasteiger partial charge in [0.1, 0.15) is 5.75 Å². The lowest BCUT2D eigenvalue weighted by Gasteiger charge is -2.20. The van der Waals surface area contributed by atoms with Gasteiger partial charge < -0.3 is 20.7 Å². The summed E-state index contributed by atoms with van der Waals surface area (Å²) in [5, 5.41) is 8.74. The molecule has 0 saturated heterocycles. The van der Waals surface area contributed by atoms with Crippen LogP contribution >= 0.6 is 0 Å². The molecular formula is C20H25N3O3. The molecule has 0 unspecified atom stereocenters. The Morgan fingerprint density at radius 3 is 2.38 bits per heavy atom. The van der Waals surface area contributed by atoms with E-state index in [-0.39, 0.29) is 23.9 Å². The van der Waals surface area contributed by atoms with Crippen LogP contribution < -0.4 is 20.7 Å². The van der Waals surface area contributed by atoms with Gasteiger partial charge in [-0.3, -0.25) is 9.59 Å². The molecular weight excluding hydrogens is 330 g/mol. The Balaban J connectivity index is 1.93. The van der Waals surface area contributed by atoms with Gasteiger partial charge in [-0.25, -0.2) is 0 Å². The maximum Gasteiger partial charge on any atom is 0.251 e. The van der Waals surface area contributed by atoms with E-state index >= 15 is 0 Å². The van der Waals surface area contributed by atoms with Crippen LogP contribution in [0.1, 0.15) is 31.1 Å². The van der Waals surface area contributed by atoms with Crippen molar-refractivity contribution in [2.75, 3.05) is 24.3 Å². The van der Waals surface area contributed by atoms with Crippen LogP contribution in [0.25, 0.3) is 0 Å². The molecule has 0 aliphatic rings. The largest absolute Gasteiger partial charge is 0.497 e. The van der Waals surface area contributed by atoms with Crippen molar-refractivity contribution in [3.63, 3.8) is 0 Å². The molecule has 0 aromatic heterocycles. The van der Waals surface area contributed by atoms with Crippen LogP contribution in [0.5, 0.6) is 5.75 Å². The number of methoxy groups -OCH3 is 1. The number of anilines is 2. The Bertz CT molecular complexity index is 782. The third-order valence-electron chi connectivity index (χ3n) is 3.42. The second-order valence-electron chi connectivity index (χ2n) is 6.92. The molecule has 2 aromatic rings. The maximum atomic E-state index is 12.2. The molecule has 0 spiro atoms. The minimum Gasteiger partial charge on any atom is -0.497 e. The van der Waals surface area contributed by atoms with Gasteiger partial charge in [-0.1, -0.05) is 12.1 Å². The lowest BCUT2D eigenvalue weighted by Crippen LogP contribution is -2.40. The number of amides is 2. The van der Waals surface area contributed by atoms with Gasteiger partial charge >= 0.3 is 0 Å². The SMILES string of the molecule is COc1cccc(NC(=O)CNc2cccc(C(=O)NC(C)(C)C)c2)c1. The molecule has 0 saturated carbocycles. The van der Waals surface area contributed by atoms with E-state index in [1.165, 1.54) is 0 Å². The molecule has 2 amide bonds. The van der Waals surface area contributed by atoms with Crippen LogP contribution in [-0.2, 0) is 4.79 Å². The molecule has 0 aliphatic heterocycles. The molecule has 0 fully saturated rings. The van der Waals surface area contributed by atoms with Crippen molar-refractivity contribution in [3.8, 4) is 5.75 Å². The third-order valence-corrected chi connectivity index (χ3v) is 3.42. The van der Waals surface area contributed by atoms with Gasteiger partial charge in [-0.15, -0.1) is 0 Å². The van der Waals surface area contributed by atoms with Crippen molar-refractivity contribution in [3.05, 3.63) is 54.1 Å². The van der Waals surface area contributed by atoms with E-state index in [0.29, 0.717) is 22.7 Å². The summed E-state index contributed by atoms with van der Waals surface area (Å²) in [6, 6.07) is 14.2. The Hall–Kier alpha value is -3.02. The fraction of sp³-hybridized carbons (Fsp3) is 0.300. The van der Waals surface area contributed by atoms with Crippen molar-refractivity contribution in [2.24, 2.45) is 0 Å². The molecule has 6 heteroatoms. The Labute approximate surface area is 153 Å². The van der Waals surface area contributed by atoms with E-state index in [1.54, 1.807) is 43.5 Å². The summed E-state index contributed by atoms with van der Waals surface area (Å²) in [6.45, 7) is 5.86. The van der Waals surface area contributed by atoms with E-state index < -0.39 is 0 Å². The predicted octanol–water partition coefficient (Wildman–Crippen LogP) is 3.27. The summed E-state index contributed by atoms with van der Waals surface area (Å²) in [5.41, 5.74) is 1.59. The van der Waals surface area contributed by atoms with Gasteiger partial charge in [0.05, 0.1) is 13.7 Å². The van der Waals surface area contributed by atoms with Gasteiger partial charge in [0.25, 0.3) is 5.91 Å². The van der Waals surface area contributed by atoms with Gasteiger partial charge in [0.15, 0.2) is 0 Å². The summed E-state index contributed by atoms with van der Waals surface area (Å²) in [6.07, 6.45) is 0. The fourth-order valence-electron chi connectivity index (χ4n) is 2.27. The molecule has 6 nitrogen and oxygen atoms in total. The highest BCUT2D eigenvalue weighted by molar-refractivity contribution is 5.96. The van der Waals surface area contributed by atoms with Crippen molar-refractivity contribution in [2.45, 2.75) is 26.3 Å². The molecule has 0 radical (unpaired) electrons. The first-order valence-corrected chi connectivity index (χ1v) is 8.37. The zero-order chi connectivity index (χ0) is 19.2. The van der Waals surface area contributed by atoms with Gasteiger partial charge in [0, 0.05) is 28.5 Å². The van der Waals surface area contributed by atoms with E-state index in [9.17, 15) is 9.59 Å². The number of carbonyl (C=O) groups is 2. The first kappa shape index (κ1) is 19.3. The molecule has 3 N–H and O–H groups in total. The normalized spacial score (nSPS) is 10.8. The molecule has 2 aromatic carbocycles. The van der Waals surface area contributed by atoms with Crippen molar-refractivity contribution in [1.29, 1.82) is 0 Å². The lowest BCUT2D eigenvalue weighted by atomic mass is 10.1. The molecule has 138 valence electrons. The molecule has 0 bridgehead atoms. The number of nitrogens with one attached hydrogen (secondary N) is 3. The third kappa shape index (κ3) is 6.12. The molecule has 0 atom stereocenters. The average Bonchev–Trinajstić information content (AvgIpc) is 2.59. The standard InChI is InChI=1S/C20H25N3O3/c1-20(2,3)23-19(25)14-7-5-8-15(11-14)21-13-18(24)22-16-9-6-10-17(12-16)26-4/h5-12,21H,13H2,1-4H3,(H,22,24)(H,23,25). The second kappa shape index (κ2) is 8.38. The summed E-state index contributed by atoms with van der Waals surface area (Å²) < 4.78 is 5.13. The first-order chi connectivity index (χ1) is 12.3. The Morgan fingerprint density at radius 2 is 1.69 bits per heavy atom. The number of hydrogen-bond donors (Lipinski definition) is 3. The van der Waals surface area contributed by atoms with Gasteiger partial charge in [-0.05, 0) is 51.1 Å². The van der Waals surface area contributed by atoms with Crippen LogP contribution in [0.4, 0.5) is 11.4 Å². The zero-order valence-electron chi connectivity index (χ0n) is 15.6. The summed E-state index contributed by atoms with van der Waals surface area (Å²) in [4.78, 5) is 24.3. The topological polar surface area (TPSA) is 79.5 Å². The highest BCUT2D eigenvalue weighted by atomic mass is 16.5. The summed E-state index contributed by atoms with van der Waals surface area (Å²) in [7, 11) is 1.57. The Kier molecular flexibility index (Phi) is 6.22. The van der Waals surface area contributed by atoms with Crippen molar-refractivity contribution < 1.29 is 14.3 Å². The van der Waals surface area contributed by atoms with Gasteiger partial charge in [0.2, 0.25) is 5.91 Å². The van der Waals surface area contributed by atoms with Crippen molar-refractivity contribution >= 4 is 23.2 Å². The molecule has 2 rings (SSSR count). The second-order valence-corrected chi connectivity index (χ2v) is 6.92. The number of rotatable bonds is 6. The smallest absolute Gasteiger partial charge is 0.251 e. The van der Waals surface area contributed by atoms with Crippen LogP contribution in [0.15, 0.2) is 48.5 Å². The van der Waals surface area contributed by atoms with E-state index in [1.807, 2.05) is 32.9 Å². The highest BCUT2D eigenvalue weighted by Gasteiger charge is 2.15. The lowest BCUT2D eigenvalue weighted by molar-refractivity contribution is -0.114. The number of ether oxygens (including phenoxy) is 1. The van der Waals surface area contributed by atoms with Gasteiger partial charge in [-0.2, -0.15) is 0 Å². The van der Waals surface area contributed by atoms with E-state index in [2.05, 4.69) is 16.0 Å². The summed E-state index contributed by atoms with van der Waals surface area (Å²) >= 11 is 0. The summed E-state index contributed by atoms with van der Waals surface area (Å²) in [5.74, 6) is 0.332. The number of hydrogen-bond acceptors (Lipinski definition) is 4.